The molecule has 1 amide bonds. The van der Waals surface area contributed by atoms with E-state index in [0.29, 0.717) is 35.2 Å². The normalized spacial score (nSPS) is 17.5. The summed E-state index contributed by atoms with van der Waals surface area (Å²) in [5, 5.41) is 10.4. The van der Waals surface area contributed by atoms with Crippen molar-refractivity contribution in [3.8, 4) is 11.5 Å². The lowest BCUT2D eigenvalue weighted by Gasteiger charge is -2.33. The smallest absolute Gasteiger partial charge is 0.490 e. The average Bonchev–Trinajstić information content (AvgIpc) is 2.96. The number of piperidine rings is 1. The van der Waals surface area contributed by atoms with Crippen molar-refractivity contribution in [3.63, 3.8) is 0 Å². The summed E-state index contributed by atoms with van der Waals surface area (Å²) in [5.41, 5.74) is 1.61. The predicted molar refractivity (Wildman–Crippen MR) is 150 cm³/mol. The van der Waals surface area contributed by atoms with Crippen LogP contribution in [0.3, 0.4) is 0 Å². The highest BCUT2D eigenvalue weighted by atomic mass is 32.2. The Bertz CT molecular complexity index is 1370. The Morgan fingerprint density at radius 3 is 2.24 bits per heavy atom. The van der Waals surface area contributed by atoms with Crippen molar-refractivity contribution in [3.05, 3.63) is 42.0 Å². The second kappa shape index (κ2) is 14.0. The minimum atomic E-state index is -5.08. The quantitative estimate of drug-likeness (QED) is 0.427. The topological polar surface area (TPSA) is 138 Å². The summed E-state index contributed by atoms with van der Waals surface area (Å²) in [4.78, 5) is 26.2. The monoisotopic (exact) mass is 616 g/mol. The number of amides is 1. The minimum Gasteiger partial charge on any atom is -0.493 e. The first-order valence-electron chi connectivity index (χ1n) is 13.2. The van der Waals surface area contributed by atoms with E-state index < -0.39 is 22.2 Å². The molecule has 1 unspecified atom stereocenters. The van der Waals surface area contributed by atoms with Crippen LogP contribution in [0.4, 0.5) is 24.5 Å². The number of carbonyl (C=O) groups excluding carboxylic acids is 1. The number of aliphatic carboxylic acids is 1. The molecule has 2 aliphatic heterocycles. The third-order valence-electron chi connectivity index (χ3n) is 6.80. The zero-order chi connectivity index (χ0) is 31.1. The Kier molecular flexibility index (Phi) is 10.9. The number of benzene rings is 2. The molecule has 15 heteroatoms. The fraction of sp³-hybridized carbons (Fsp3) is 0.481. The van der Waals surface area contributed by atoms with Crippen molar-refractivity contribution in [2.45, 2.75) is 30.8 Å². The van der Waals surface area contributed by atoms with Crippen LogP contribution in [-0.2, 0) is 14.8 Å². The van der Waals surface area contributed by atoms with Crippen LogP contribution in [0, 0.1) is 5.92 Å². The number of nitrogens with one attached hydrogen (secondary N) is 2. The summed E-state index contributed by atoms with van der Waals surface area (Å²) in [5.74, 6) is -1.62. The summed E-state index contributed by atoms with van der Waals surface area (Å²) in [6, 6.07) is 9.76. The first-order chi connectivity index (χ1) is 19.8. The summed E-state index contributed by atoms with van der Waals surface area (Å²) < 4.78 is 71.8. The molecule has 2 aromatic carbocycles. The van der Waals surface area contributed by atoms with E-state index in [0.717, 1.165) is 51.3 Å². The number of methoxy groups -OCH3 is 2. The first kappa shape index (κ1) is 32.8. The fourth-order valence-corrected chi connectivity index (χ4v) is 5.76. The van der Waals surface area contributed by atoms with Crippen molar-refractivity contribution in [1.29, 1.82) is 0 Å². The lowest BCUT2D eigenvalue weighted by atomic mass is 9.99. The van der Waals surface area contributed by atoms with Gasteiger partial charge in [0.2, 0.25) is 0 Å². The average molecular weight is 617 g/mol. The summed E-state index contributed by atoms with van der Waals surface area (Å²) in [6.07, 6.45) is -2.99. The minimum absolute atomic E-state index is 0.0444. The molecule has 0 radical (unpaired) electrons. The highest BCUT2D eigenvalue weighted by Gasteiger charge is 2.38. The number of sulfonamides is 1. The summed E-state index contributed by atoms with van der Waals surface area (Å²) >= 11 is 0. The number of anilines is 2. The molecule has 2 saturated heterocycles. The Morgan fingerprint density at radius 1 is 1.02 bits per heavy atom. The molecule has 3 N–H and O–H groups in total. The molecule has 4 rings (SSSR count). The lowest BCUT2D eigenvalue weighted by molar-refractivity contribution is -0.192. The van der Waals surface area contributed by atoms with E-state index in [1.54, 1.807) is 18.2 Å². The van der Waals surface area contributed by atoms with E-state index in [2.05, 4.69) is 21.9 Å². The Morgan fingerprint density at radius 2 is 1.67 bits per heavy atom. The van der Waals surface area contributed by atoms with Crippen molar-refractivity contribution in [2.24, 2.45) is 5.92 Å². The van der Waals surface area contributed by atoms with Gasteiger partial charge in [-0.1, -0.05) is 6.92 Å². The molecule has 0 aromatic heterocycles. The highest BCUT2D eigenvalue weighted by Crippen LogP contribution is 2.33. The molecule has 2 fully saturated rings. The van der Waals surface area contributed by atoms with E-state index in [1.807, 2.05) is 11.0 Å². The van der Waals surface area contributed by atoms with Gasteiger partial charge in [0.25, 0.3) is 15.9 Å². The second-order valence-electron chi connectivity index (χ2n) is 9.89. The van der Waals surface area contributed by atoms with Gasteiger partial charge >= 0.3 is 12.1 Å². The fourth-order valence-electron chi connectivity index (χ4n) is 4.68. The van der Waals surface area contributed by atoms with Crippen LogP contribution >= 0.6 is 0 Å². The third-order valence-corrected chi connectivity index (χ3v) is 8.16. The van der Waals surface area contributed by atoms with E-state index >= 15 is 0 Å². The number of alkyl halides is 3. The Balaban J connectivity index is 0.000000616. The van der Waals surface area contributed by atoms with Gasteiger partial charge in [0.05, 0.1) is 30.5 Å². The molecule has 2 heterocycles. The van der Waals surface area contributed by atoms with Gasteiger partial charge in [-0.15, -0.1) is 0 Å². The number of hydrogen-bond acceptors (Lipinski definition) is 8. The largest absolute Gasteiger partial charge is 0.493 e. The van der Waals surface area contributed by atoms with Gasteiger partial charge in [-0.3, -0.25) is 9.52 Å². The maximum absolute atomic E-state index is 13.4. The number of carbonyl (C=O) groups is 2. The van der Waals surface area contributed by atoms with Gasteiger partial charge in [0.1, 0.15) is 0 Å². The highest BCUT2D eigenvalue weighted by molar-refractivity contribution is 7.92. The standard InChI is InChI=1S/C25H34N4O5S.C2HF3O2/c1-18-5-4-12-29(17-18)25(30)19-6-8-22(28-13-10-26-11-14-28)21(15-19)27-35(31,32)20-7-9-23(33-2)24(16-20)34-3;3-2(4,5)1(6)7/h6-9,15-16,18,26-27H,4-5,10-14,17H2,1-3H3;(H,6,7). The third kappa shape index (κ3) is 8.41. The van der Waals surface area contributed by atoms with Crippen LogP contribution in [0.2, 0.25) is 0 Å². The van der Waals surface area contributed by atoms with Crippen molar-refractivity contribution >= 4 is 33.3 Å². The number of carboxylic acids is 1. The van der Waals surface area contributed by atoms with Crippen molar-refractivity contribution < 1.29 is 45.8 Å². The Labute approximate surface area is 242 Å². The molecular formula is C27H35F3N4O7S. The van der Waals surface area contributed by atoms with E-state index in [4.69, 9.17) is 19.4 Å². The molecule has 2 aromatic rings. The SMILES string of the molecule is COc1ccc(S(=O)(=O)Nc2cc(C(=O)N3CCCC(C)C3)ccc2N2CCNCC2)cc1OC.O=C(O)C(F)(F)F. The van der Waals surface area contributed by atoms with Crippen LogP contribution in [0.5, 0.6) is 11.5 Å². The van der Waals surface area contributed by atoms with E-state index in [9.17, 15) is 26.4 Å². The molecule has 0 bridgehead atoms. The predicted octanol–water partition coefficient (Wildman–Crippen LogP) is 3.42. The maximum atomic E-state index is 13.4. The molecule has 1 atom stereocenters. The van der Waals surface area contributed by atoms with Crippen LogP contribution in [0.15, 0.2) is 41.3 Å². The number of ether oxygens (including phenoxy) is 2. The second-order valence-corrected chi connectivity index (χ2v) is 11.6. The van der Waals surface area contributed by atoms with Crippen molar-refractivity contribution in [1.82, 2.24) is 10.2 Å². The molecular weight excluding hydrogens is 581 g/mol. The number of nitrogens with zero attached hydrogens (tertiary/aromatic N) is 2. The molecule has 2 aliphatic rings. The summed E-state index contributed by atoms with van der Waals surface area (Å²) in [6.45, 7) is 6.66. The molecule has 42 heavy (non-hydrogen) atoms. The van der Waals surface area contributed by atoms with E-state index in [-0.39, 0.29) is 10.8 Å². The molecule has 0 spiro atoms. The van der Waals surface area contributed by atoms with Crippen LogP contribution in [0.1, 0.15) is 30.1 Å². The first-order valence-corrected chi connectivity index (χ1v) is 14.7. The number of likely N-dealkylation sites (tertiary alicyclic amines) is 1. The molecule has 232 valence electrons. The number of hydrogen-bond donors (Lipinski definition) is 3. The van der Waals surface area contributed by atoms with Gasteiger partial charge in [-0.25, -0.2) is 13.2 Å². The number of piperazine rings is 1. The Hall–Kier alpha value is -3.72. The van der Waals surface area contributed by atoms with Gasteiger partial charge < -0.3 is 29.7 Å². The molecule has 11 nitrogen and oxygen atoms in total. The number of carboxylic acid groups (broad SMARTS) is 1. The van der Waals surface area contributed by atoms with E-state index in [1.165, 1.54) is 26.4 Å². The van der Waals surface area contributed by atoms with Gasteiger partial charge in [-0.2, -0.15) is 13.2 Å². The van der Waals surface area contributed by atoms with Gasteiger partial charge in [0.15, 0.2) is 11.5 Å². The van der Waals surface area contributed by atoms with Gasteiger partial charge in [-0.05, 0) is 49.1 Å². The number of rotatable bonds is 7. The zero-order valence-electron chi connectivity index (χ0n) is 23.5. The number of halogens is 3. The molecule has 0 saturated carbocycles. The zero-order valence-corrected chi connectivity index (χ0v) is 24.3. The van der Waals surface area contributed by atoms with Crippen LogP contribution in [-0.4, -0.2) is 90.0 Å². The van der Waals surface area contributed by atoms with Crippen LogP contribution in [0.25, 0.3) is 0 Å². The molecule has 0 aliphatic carbocycles. The lowest BCUT2D eigenvalue weighted by Crippen LogP contribution is -2.44. The summed E-state index contributed by atoms with van der Waals surface area (Å²) in [7, 11) is -1.01. The van der Waals surface area contributed by atoms with Gasteiger partial charge in [0, 0.05) is 50.9 Å². The van der Waals surface area contributed by atoms with Crippen LogP contribution < -0.4 is 24.4 Å². The van der Waals surface area contributed by atoms with Crippen molar-refractivity contribution in [2.75, 3.05) is 63.1 Å². The maximum Gasteiger partial charge on any atom is 0.490 e.